The number of carbonyl (C=O) groups is 1. The van der Waals surface area contributed by atoms with Crippen LogP contribution >= 0.6 is 15.9 Å². The molecule has 0 spiro atoms. The summed E-state index contributed by atoms with van der Waals surface area (Å²) in [5.41, 5.74) is 1.24. The molecule has 0 saturated carbocycles. The molecule has 1 heterocycles. The van der Waals surface area contributed by atoms with E-state index in [0.717, 1.165) is 31.1 Å². The largest absolute Gasteiger partial charge is 0.478 e. The van der Waals surface area contributed by atoms with E-state index >= 15 is 0 Å². The van der Waals surface area contributed by atoms with E-state index in [1.165, 1.54) is 25.7 Å². The Balaban J connectivity index is 2.20. The summed E-state index contributed by atoms with van der Waals surface area (Å²) >= 11 is 3.36. The van der Waals surface area contributed by atoms with E-state index in [0.29, 0.717) is 10.0 Å². The highest BCUT2D eigenvalue weighted by molar-refractivity contribution is 9.10. The lowest BCUT2D eigenvalue weighted by Gasteiger charge is -2.25. The van der Waals surface area contributed by atoms with E-state index in [9.17, 15) is 9.90 Å². The van der Waals surface area contributed by atoms with E-state index in [2.05, 4.69) is 27.8 Å². The summed E-state index contributed by atoms with van der Waals surface area (Å²) in [5, 5.41) is 9.43. The zero-order valence-corrected chi connectivity index (χ0v) is 13.5. The van der Waals surface area contributed by atoms with Gasteiger partial charge in [-0.25, -0.2) is 4.79 Å². The fourth-order valence-corrected chi connectivity index (χ4v) is 3.62. The van der Waals surface area contributed by atoms with Gasteiger partial charge in [0.2, 0.25) is 0 Å². The molecule has 3 nitrogen and oxygen atoms in total. The normalized spacial score (nSPS) is 19.7. The quantitative estimate of drug-likeness (QED) is 0.874. The summed E-state index contributed by atoms with van der Waals surface area (Å²) in [6, 6.07) is 5.64. The van der Waals surface area contributed by atoms with Gasteiger partial charge in [0.05, 0.1) is 11.3 Å². The van der Waals surface area contributed by atoms with Gasteiger partial charge in [0.15, 0.2) is 0 Å². The second-order valence-electron chi connectivity index (χ2n) is 5.51. The second-order valence-corrected chi connectivity index (χ2v) is 6.37. The molecule has 0 bridgehead atoms. The van der Waals surface area contributed by atoms with Crippen molar-refractivity contribution in [2.45, 2.75) is 39.0 Å². The van der Waals surface area contributed by atoms with Gasteiger partial charge < -0.3 is 10.0 Å². The Labute approximate surface area is 129 Å². The lowest BCUT2D eigenvalue weighted by Crippen LogP contribution is -2.26. The predicted octanol–water partition coefficient (Wildman–Crippen LogP) is 4.55. The van der Waals surface area contributed by atoms with Crippen LogP contribution in [0.3, 0.4) is 0 Å². The molecule has 1 aliphatic heterocycles. The number of anilines is 1. The molecule has 0 amide bonds. The highest BCUT2D eigenvalue weighted by Crippen LogP contribution is 2.31. The minimum absolute atomic E-state index is 0.390. The van der Waals surface area contributed by atoms with Gasteiger partial charge in [-0.1, -0.05) is 25.8 Å². The Morgan fingerprint density at radius 3 is 2.90 bits per heavy atom. The van der Waals surface area contributed by atoms with Gasteiger partial charge in [-0.05, 0) is 53.2 Å². The first-order valence-electron chi connectivity index (χ1n) is 7.40. The minimum Gasteiger partial charge on any atom is -0.478 e. The van der Waals surface area contributed by atoms with Crippen LogP contribution in [0.25, 0.3) is 0 Å². The molecule has 2 rings (SSSR count). The average Bonchev–Trinajstić information content (AvgIpc) is 2.64. The zero-order chi connectivity index (χ0) is 14.5. The van der Waals surface area contributed by atoms with E-state index in [1.54, 1.807) is 6.07 Å². The Morgan fingerprint density at radius 1 is 1.40 bits per heavy atom. The first kappa shape index (κ1) is 15.4. The number of carboxylic acids is 1. The van der Waals surface area contributed by atoms with Gasteiger partial charge in [0, 0.05) is 17.6 Å². The average molecular weight is 340 g/mol. The number of halogens is 1. The van der Waals surface area contributed by atoms with Crippen LogP contribution in [0.15, 0.2) is 22.7 Å². The number of aromatic carboxylic acids is 1. The van der Waals surface area contributed by atoms with Crippen molar-refractivity contribution in [2.24, 2.45) is 5.92 Å². The van der Waals surface area contributed by atoms with Gasteiger partial charge in [0.1, 0.15) is 0 Å². The summed E-state index contributed by atoms with van der Waals surface area (Å²) in [6.45, 7) is 4.15. The third kappa shape index (κ3) is 3.54. The van der Waals surface area contributed by atoms with Crippen LogP contribution < -0.4 is 4.90 Å². The fraction of sp³-hybridized carbons (Fsp3) is 0.562. The van der Waals surface area contributed by atoms with Gasteiger partial charge >= 0.3 is 5.97 Å². The highest BCUT2D eigenvalue weighted by atomic mass is 79.9. The van der Waals surface area contributed by atoms with Crippen LogP contribution in [-0.4, -0.2) is 24.2 Å². The maximum atomic E-state index is 11.5. The SMILES string of the molecule is CCCC1CCCN(c2cccc(Br)c2C(=O)O)CC1. The molecule has 1 N–H and O–H groups in total. The summed E-state index contributed by atoms with van der Waals surface area (Å²) in [4.78, 5) is 13.7. The van der Waals surface area contributed by atoms with Crippen molar-refractivity contribution in [3.05, 3.63) is 28.2 Å². The number of carboxylic acid groups (broad SMARTS) is 1. The van der Waals surface area contributed by atoms with E-state index in [-0.39, 0.29) is 0 Å². The van der Waals surface area contributed by atoms with Crippen molar-refractivity contribution in [3.8, 4) is 0 Å². The lowest BCUT2D eigenvalue weighted by atomic mass is 9.96. The third-order valence-corrected chi connectivity index (χ3v) is 4.75. The predicted molar refractivity (Wildman–Crippen MR) is 85.6 cm³/mol. The maximum absolute atomic E-state index is 11.5. The molecule has 0 aromatic heterocycles. The van der Waals surface area contributed by atoms with Crippen molar-refractivity contribution in [1.29, 1.82) is 0 Å². The standard InChI is InChI=1S/C16H22BrNO2/c1-2-5-12-6-4-10-18(11-9-12)14-8-3-7-13(17)15(14)16(19)20/h3,7-8,12H,2,4-6,9-11H2,1H3,(H,19,20). The molecule has 1 unspecified atom stereocenters. The van der Waals surface area contributed by atoms with Gasteiger partial charge in [-0.15, -0.1) is 0 Å². The zero-order valence-electron chi connectivity index (χ0n) is 11.9. The van der Waals surface area contributed by atoms with E-state index in [1.807, 2.05) is 12.1 Å². The molecule has 1 aromatic carbocycles. The number of hydrogen-bond donors (Lipinski definition) is 1. The van der Waals surface area contributed by atoms with Crippen LogP contribution in [0.1, 0.15) is 49.4 Å². The van der Waals surface area contributed by atoms with Crippen LogP contribution in [0.5, 0.6) is 0 Å². The third-order valence-electron chi connectivity index (χ3n) is 4.09. The van der Waals surface area contributed by atoms with Crippen molar-refractivity contribution in [3.63, 3.8) is 0 Å². The van der Waals surface area contributed by atoms with Crippen molar-refractivity contribution < 1.29 is 9.90 Å². The molecule has 1 atom stereocenters. The Kier molecular flexibility index (Phi) is 5.46. The van der Waals surface area contributed by atoms with E-state index < -0.39 is 5.97 Å². The highest BCUT2D eigenvalue weighted by Gasteiger charge is 2.22. The Hall–Kier alpha value is -1.03. The van der Waals surface area contributed by atoms with Gasteiger partial charge in [0.25, 0.3) is 0 Å². The van der Waals surface area contributed by atoms with Crippen LogP contribution in [-0.2, 0) is 0 Å². The van der Waals surface area contributed by atoms with Crippen LogP contribution in [0.4, 0.5) is 5.69 Å². The molecule has 1 aliphatic rings. The summed E-state index contributed by atoms with van der Waals surface area (Å²) < 4.78 is 0.664. The van der Waals surface area contributed by atoms with Gasteiger partial charge in [-0.2, -0.15) is 0 Å². The fourth-order valence-electron chi connectivity index (χ4n) is 3.09. The van der Waals surface area contributed by atoms with Crippen molar-refractivity contribution in [2.75, 3.05) is 18.0 Å². The first-order chi connectivity index (χ1) is 9.63. The summed E-state index contributed by atoms with van der Waals surface area (Å²) in [6.07, 6.45) is 6.11. The van der Waals surface area contributed by atoms with Crippen LogP contribution in [0.2, 0.25) is 0 Å². The van der Waals surface area contributed by atoms with Crippen LogP contribution in [0, 0.1) is 5.92 Å². The number of nitrogens with zero attached hydrogens (tertiary/aromatic N) is 1. The number of benzene rings is 1. The molecule has 1 fully saturated rings. The lowest BCUT2D eigenvalue weighted by molar-refractivity contribution is 0.0696. The maximum Gasteiger partial charge on any atom is 0.338 e. The molecule has 110 valence electrons. The molecular weight excluding hydrogens is 318 g/mol. The molecule has 1 aromatic rings. The Bertz CT molecular complexity index is 476. The smallest absolute Gasteiger partial charge is 0.338 e. The summed E-state index contributed by atoms with van der Waals surface area (Å²) in [7, 11) is 0. The molecular formula is C16H22BrNO2. The summed E-state index contributed by atoms with van der Waals surface area (Å²) in [5.74, 6) is -0.0627. The first-order valence-corrected chi connectivity index (χ1v) is 8.19. The van der Waals surface area contributed by atoms with Gasteiger partial charge in [-0.3, -0.25) is 0 Å². The minimum atomic E-state index is -0.859. The topological polar surface area (TPSA) is 40.5 Å². The Morgan fingerprint density at radius 2 is 2.20 bits per heavy atom. The number of hydrogen-bond acceptors (Lipinski definition) is 2. The molecule has 1 saturated heterocycles. The molecule has 0 aliphatic carbocycles. The van der Waals surface area contributed by atoms with Crippen molar-refractivity contribution >= 4 is 27.6 Å². The van der Waals surface area contributed by atoms with E-state index in [4.69, 9.17) is 0 Å². The second kappa shape index (κ2) is 7.11. The van der Waals surface area contributed by atoms with Crippen molar-refractivity contribution in [1.82, 2.24) is 0 Å². The molecule has 4 heteroatoms. The molecule has 20 heavy (non-hydrogen) atoms. The monoisotopic (exact) mass is 339 g/mol. The number of rotatable bonds is 4. The molecule has 0 radical (unpaired) electrons.